The highest BCUT2D eigenvalue weighted by Gasteiger charge is 2.13. The molecule has 0 saturated heterocycles. The molecular weight excluding hydrogens is 376 g/mol. The largest absolute Gasteiger partial charge is 0.352 e. The number of hydrogen-bond donors (Lipinski definition) is 1. The summed E-state index contributed by atoms with van der Waals surface area (Å²) in [5.74, 6) is -0.0118. The fourth-order valence-corrected chi connectivity index (χ4v) is 4.17. The van der Waals surface area contributed by atoms with E-state index in [-0.39, 0.29) is 5.91 Å². The molecule has 0 saturated carbocycles. The van der Waals surface area contributed by atoms with Crippen molar-refractivity contribution in [3.8, 4) is 0 Å². The standard InChI is InChI=1S/C25H30N2OS/c1-3-5-6-7-10-17-26-25(28)22-18-24(27-23-12-9-8-11-21(22)23)29-20-15-13-19(4-2)14-16-20/h8-9,11-16,18H,3-7,10,17H2,1-2H3,(H,26,28). The van der Waals surface area contributed by atoms with Crippen LogP contribution in [0.4, 0.5) is 0 Å². The lowest BCUT2D eigenvalue weighted by atomic mass is 10.1. The molecule has 29 heavy (non-hydrogen) atoms. The van der Waals surface area contributed by atoms with Crippen LogP contribution >= 0.6 is 11.8 Å². The number of para-hydroxylation sites is 1. The minimum absolute atomic E-state index is 0.0118. The average molecular weight is 407 g/mol. The topological polar surface area (TPSA) is 42.0 Å². The van der Waals surface area contributed by atoms with Gasteiger partial charge in [-0.25, -0.2) is 4.98 Å². The van der Waals surface area contributed by atoms with Crippen molar-refractivity contribution in [3.05, 3.63) is 65.7 Å². The molecule has 0 aliphatic rings. The molecule has 2 aromatic carbocycles. The molecule has 0 spiro atoms. The highest BCUT2D eigenvalue weighted by atomic mass is 32.2. The maximum Gasteiger partial charge on any atom is 0.252 e. The van der Waals surface area contributed by atoms with Gasteiger partial charge in [0, 0.05) is 16.8 Å². The Bertz CT molecular complexity index is 937. The Hall–Kier alpha value is -2.33. The zero-order valence-corrected chi connectivity index (χ0v) is 18.2. The number of unbranched alkanes of at least 4 members (excludes halogenated alkanes) is 4. The summed E-state index contributed by atoms with van der Waals surface area (Å²) < 4.78 is 0. The van der Waals surface area contributed by atoms with Crippen LogP contribution in [0.25, 0.3) is 10.9 Å². The highest BCUT2D eigenvalue weighted by molar-refractivity contribution is 7.99. The maximum atomic E-state index is 12.9. The molecule has 1 heterocycles. The molecule has 0 fully saturated rings. The van der Waals surface area contributed by atoms with Crippen LogP contribution in [0.15, 0.2) is 64.5 Å². The van der Waals surface area contributed by atoms with Gasteiger partial charge in [0.2, 0.25) is 0 Å². The predicted molar refractivity (Wildman–Crippen MR) is 123 cm³/mol. The summed E-state index contributed by atoms with van der Waals surface area (Å²) >= 11 is 1.60. The van der Waals surface area contributed by atoms with Crippen molar-refractivity contribution in [2.45, 2.75) is 62.3 Å². The van der Waals surface area contributed by atoms with Crippen molar-refractivity contribution < 1.29 is 4.79 Å². The molecule has 0 bridgehead atoms. The van der Waals surface area contributed by atoms with Gasteiger partial charge in [0.05, 0.1) is 11.1 Å². The lowest BCUT2D eigenvalue weighted by Gasteiger charge is -2.10. The van der Waals surface area contributed by atoms with Crippen LogP contribution in [-0.2, 0) is 6.42 Å². The number of amides is 1. The zero-order valence-electron chi connectivity index (χ0n) is 17.4. The Balaban J connectivity index is 1.75. The number of pyridine rings is 1. The first-order valence-corrected chi connectivity index (χ1v) is 11.5. The van der Waals surface area contributed by atoms with E-state index in [1.165, 1.54) is 31.2 Å². The third kappa shape index (κ3) is 6.07. The van der Waals surface area contributed by atoms with Gasteiger partial charge in [-0.3, -0.25) is 4.79 Å². The Kier molecular flexibility index (Phi) is 8.12. The Morgan fingerprint density at radius 1 is 0.966 bits per heavy atom. The number of aromatic nitrogens is 1. The number of fused-ring (bicyclic) bond motifs is 1. The molecule has 0 atom stereocenters. The van der Waals surface area contributed by atoms with E-state index in [1.807, 2.05) is 30.3 Å². The third-order valence-corrected chi connectivity index (χ3v) is 5.98. The van der Waals surface area contributed by atoms with Gasteiger partial charge in [-0.15, -0.1) is 0 Å². The van der Waals surface area contributed by atoms with Crippen molar-refractivity contribution in [1.82, 2.24) is 10.3 Å². The SMILES string of the molecule is CCCCCCCNC(=O)c1cc(Sc2ccc(CC)cc2)nc2ccccc12. The number of nitrogens with zero attached hydrogens (tertiary/aromatic N) is 1. The highest BCUT2D eigenvalue weighted by Crippen LogP contribution is 2.30. The summed E-state index contributed by atoms with van der Waals surface area (Å²) in [7, 11) is 0. The van der Waals surface area contributed by atoms with E-state index in [2.05, 4.69) is 43.4 Å². The summed E-state index contributed by atoms with van der Waals surface area (Å²) in [5.41, 5.74) is 2.88. The second-order valence-corrected chi connectivity index (χ2v) is 8.39. The number of rotatable bonds is 10. The fraction of sp³-hybridized carbons (Fsp3) is 0.360. The van der Waals surface area contributed by atoms with Gasteiger partial charge in [-0.2, -0.15) is 0 Å². The first-order valence-electron chi connectivity index (χ1n) is 10.7. The molecular formula is C25H30N2OS. The van der Waals surface area contributed by atoms with Crippen molar-refractivity contribution in [2.75, 3.05) is 6.54 Å². The number of carbonyl (C=O) groups is 1. The summed E-state index contributed by atoms with van der Waals surface area (Å²) in [6.07, 6.45) is 6.96. The number of benzene rings is 2. The molecule has 3 nitrogen and oxygen atoms in total. The molecule has 3 rings (SSSR count). The van der Waals surface area contributed by atoms with Crippen LogP contribution in [0.1, 0.15) is 61.9 Å². The first-order chi connectivity index (χ1) is 14.2. The van der Waals surface area contributed by atoms with Crippen LogP contribution in [0.3, 0.4) is 0 Å². The van der Waals surface area contributed by atoms with E-state index in [1.54, 1.807) is 11.8 Å². The van der Waals surface area contributed by atoms with Gasteiger partial charge in [0.25, 0.3) is 5.91 Å². The van der Waals surface area contributed by atoms with Crippen LogP contribution in [0, 0.1) is 0 Å². The van der Waals surface area contributed by atoms with Gasteiger partial charge in [-0.05, 0) is 42.7 Å². The van der Waals surface area contributed by atoms with E-state index >= 15 is 0 Å². The third-order valence-electron chi connectivity index (χ3n) is 5.06. The van der Waals surface area contributed by atoms with Gasteiger partial charge >= 0.3 is 0 Å². The van der Waals surface area contributed by atoms with Crippen molar-refractivity contribution in [3.63, 3.8) is 0 Å². The van der Waals surface area contributed by atoms with E-state index in [0.717, 1.165) is 40.2 Å². The Morgan fingerprint density at radius 3 is 2.48 bits per heavy atom. The van der Waals surface area contributed by atoms with E-state index < -0.39 is 0 Å². The number of nitrogens with one attached hydrogen (secondary N) is 1. The normalized spacial score (nSPS) is 11.0. The molecule has 1 amide bonds. The Labute approximate surface area is 178 Å². The summed E-state index contributed by atoms with van der Waals surface area (Å²) in [4.78, 5) is 18.8. The van der Waals surface area contributed by atoms with Gasteiger partial charge in [0.1, 0.15) is 5.03 Å². The molecule has 0 aliphatic heterocycles. The zero-order chi connectivity index (χ0) is 20.5. The number of aryl methyl sites for hydroxylation is 1. The van der Waals surface area contributed by atoms with Crippen LogP contribution in [0.5, 0.6) is 0 Å². The fourth-order valence-electron chi connectivity index (χ4n) is 3.33. The minimum atomic E-state index is -0.0118. The van der Waals surface area contributed by atoms with Crippen LogP contribution < -0.4 is 5.32 Å². The summed E-state index contributed by atoms with van der Waals surface area (Å²) in [6, 6.07) is 18.3. The Morgan fingerprint density at radius 2 is 1.72 bits per heavy atom. The average Bonchev–Trinajstić information content (AvgIpc) is 2.76. The molecule has 4 heteroatoms. The van der Waals surface area contributed by atoms with Crippen molar-refractivity contribution in [1.29, 1.82) is 0 Å². The molecule has 0 radical (unpaired) electrons. The molecule has 1 N–H and O–H groups in total. The lowest BCUT2D eigenvalue weighted by molar-refractivity contribution is 0.0954. The summed E-state index contributed by atoms with van der Waals surface area (Å²) in [5, 5.41) is 4.85. The van der Waals surface area contributed by atoms with Gasteiger partial charge in [-0.1, -0.05) is 81.6 Å². The minimum Gasteiger partial charge on any atom is -0.352 e. The van der Waals surface area contributed by atoms with Crippen molar-refractivity contribution >= 4 is 28.6 Å². The van der Waals surface area contributed by atoms with Gasteiger partial charge in [0.15, 0.2) is 0 Å². The van der Waals surface area contributed by atoms with Crippen molar-refractivity contribution in [2.24, 2.45) is 0 Å². The molecule has 1 aromatic heterocycles. The smallest absolute Gasteiger partial charge is 0.252 e. The monoisotopic (exact) mass is 406 g/mol. The molecule has 0 aliphatic carbocycles. The lowest BCUT2D eigenvalue weighted by Crippen LogP contribution is -2.24. The number of carbonyl (C=O) groups excluding carboxylic acids is 1. The quantitative estimate of drug-likeness (QED) is 0.383. The second-order valence-electron chi connectivity index (χ2n) is 7.29. The van der Waals surface area contributed by atoms with Gasteiger partial charge < -0.3 is 5.32 Å². The predicted octanol–water partition coefficient (Wildman–Crippen LogP) is 6.65. The maximum absolute atomic E-state index is 12.9. The molecule has 152 valence electrons. The first kappa shape index (κ1) is 21.4. The van der Waals surface area contributed by atoms with Crippen LogP contribution in [-0.4, -0.2) is 17.4 Å². The summed E-state index contributed by atoms with van der Waals surface area (Å²) in [6.45, 7) is 5.09. The van der Waals surface area contributed by atoms with E-state index in [0.29, 0.717) is 5.56 Å². The second kappa shape index (κ2) is 11.0. The van der Waals surface area contributed by atoms with E-state index in [9.17, 15) is 4.79 Å². The van der Waals surface area contributed by atoms with Crippen LogP contribution in [0.2, 0.25) is 0 Å². The number of hydrogen-bond acceptors (Lipinski definition) is 3. The molecule has 3 aromatic rings. The van der Waals surface area contributed by atoms with E-state index in [4.69, 9.17) is 4.98 Å². The molecule has 0 unspecified atom stereocenters.